The lowest BCUT2D eigenvalue weighted by atomic mass is 10.1. The van der Waals surface area contributed by atoms with Crippen molar-refractivity contribution in [3.8, 4) is 0 Å². The largest absolute Gasteiger partial charge is 0.375 e. The molecule has 2 atom stereocenters. The standard InChI is InChI=1S/C17H24N2O4S/c1-13-3-5-14(6-4-13)9-17(20)18-10-15-11-19(24(2,21)22)7-8-23-16(15)12-18/h3-6,15-16H,7-12H2,1-2H3/t15-,16-/m1/s1. The number of sulfonamides is 1. The molecule has 3 rings (SSSR count). The van der Waals surface area contributed by atoms with Crippen molar-refractivity contribution in [2.24, 2.45) is 5.92 Å². The van der Waals surface area contributed by atoms with E-state index in [1.54, 1.807) is 4.90 Å². The molecule has 24 heavy (non-hydrogen) atoms. The van der Waals surface area contributed by atoms with Crippen molar-refractivity contribution in [1.29, 1.82) is 0 Å². The highest BCUT2D eigenvalue weighted by Gasteiger charge is 2.39. The predicted molar refractivity (Wildman–Crippen MR) is 91.1 cm³/mol. The number of benzene rings is 1. The number of hydrogen-bond acceptors (Lipinski definition) is 4. The van der Waals surface area contributed by atoms with Crippen molar-refractivity contribution in [3.63, 3.8) is 0 Å². The second kappa shape index (κ2) is 6.82. The molecule has 2 aliphatic rings. The van der Waals surface area contributed by atoms with Crippen molar-refractivity contribution < 1.29 is 17.9 Å². The molecular weight excluding hydrogens is 328 g/mol. The minimum atomic E-state index is -3.23. The third-order valence-corrected chi connectivity index (χ3v) is 6.06. The van der Waals surface area contributed by atoms with Gasteiger partial charge in [-0.1, -0.05) is 29.8 Å². The van der Waals surface area contributed by atoms with E-state index in [2.05, 4.69) is 0 Å². The number of nitrogens with zero attached hydrogens (tertiary/aromatic N) is 2. The van der Waals surface area contributed by atoms with E-state index in [-0.39, 0.29) is 17.9 Å². The van der Waals surface area contributed by atoms with E-state index >= 15 is 0 Å². The number of carbonyl (C=O) groups is 1. The third-order valence-electron chi connectivity index (χ3n) is 4.79. The van der Waals surface area contributed by atoms with E-state index in [9.17, 15) is 13.2 Å². The lowest BCUT2D eigenvalue weighted by Crippen LogP contribution is -2.37. The van der Waals surface area contributed by atoms with Gasteiger partial charge in [-0.2, -0.15) is 4.31 Å². The summed E-state index contributed by atoms with van der Waals surface area (Å²) < 4.78 is 30.9. The highest BCUT2D eigenvalue weighted by Crippen LogP contribution is 2.25. The number of ether oxygens (including phenoxy) is 1. The molecule has 2 fully saturated rings. The molecule has 2 heterocycles. The Hall–Kier alpha value is -1.44. The van der Waals surface area contributed by atoms with Crippen LogP contribution in [0.5, 0.6) is 0 Å². The van der Waals surface area contributed by atoms with Crippen LogP contribution in [0, 0.1) is 12.8 Å². The van der Waals surface area contributed by atoms with Crippen molar-refractivity contribution in [2.45, 2.75) is 19.4 Å². The van der Waals surface area contributed by atoms with Gasteiger partial charge in [0.2, 0.25) is 15.9 Å². The van der Waals surface area contributed by atoms with Gasteiger partial charge in [-0.05, 0) is 12.5 Å². The zero-order valence-corrected chi connectivity index (χ0v) is 15.0. The topological polar surface area (TPSA) is 66.9 Å². The van der Waals surface area contributed by atoms with Gasteiger partial charge in [0, 0.05) is 32.1 Å². The Bertz CT molecular complexity index is 702. The molecule has 0 aromatic heterocycles. The average molecular weight is 352 g/mol. The van der Waals surface area contributed by atoms with Crippen molar-refractivity contribution in [3.05, 3.63) is 35.4 Å². The van der Waals surface area contributed by atoms with Crippen LogP contribution in [-0.4, -0.2) is 68.7 Å². The molecular formula is C17H24N2O4S. The number of carbonyl (C=O) groups excluding carboxylic acids is 1. The van der Waals surface area contributed by atoms with Gasteiger partial charge in [0.15, 0.2) is 0 Å². The van der Waals surface area contributed by atoms with Gasteiger partial charge in [0.25, 0.3) is 0 Å². The molecule has 1 aromatic rings. The van der Waals surface area contributed by atoms with Crippen LogP contribution in [0.2, 0.25) is 0 Å². The molecule has 1 amide bonds. The summed E-state index contributed by atoms with van der Waals surface area (Å²) in [6, 6.07) is 7.96. The second-order valence-corrected chi connectivity index (χ2v) is 8.73. The summed E-state index contributed by atoms with van der Waals surface area (Å²) in [6.45, 7) is 4.33. The number of likely N-dealkylation sites (tertiary alicyclic amines) is 1. The maximum Gasteiger partial charge on any atom is 0.227 e. The Morgan fingerprint density at radius 2 is 1.92 bits per heavy atom. The molecule has 2 aliphatic heterocycles. The fourth-order valence-electron chi connectivity index (χ4n) is 3.36. The van der Waals surface area contributed by atoms with Gasteiger partial charge in [-0.15, -0.1) is 0 Å². The van der Waals surface area contributed by atoms with Crippen LogP contribution in [0.15, 0.2) is 24.3 Å². The first-order valence-electron chi connectivity index (χ1n) is 8.23. The van der Waals surface area contributed by atoms with Crippen LogP contribution < -0.4 is 0 Å². The van der Waals surface area contributed by atoms with E-state index < -0.39 is 10.0 Å². The van der Waals surface area contributed by atoms with Crippen molar-refractivity contribution in [2.75, 3.05) is 39.0 Å². The number of hydrogen-bond donors (Lipinski definition) is 0. The molecule has 132 valence electrons. The SMILES string of the molecule is Cc1ccc(CC(=O)N2C[C@@H]3CN(S(C)(=O)=O)CCO[C@@H]3C2)cc1. The van der Waals surface area contributed by atoms with Crippen LogP contribution in [0.25, 0.3) is 0 Å². The van der Waals surface area contributed by atoms with E-state index in [1.807, 2.05) is 31.2 Å². The zero-order valence-electron chi connectivity index (χ0n) is 14.1. The summed E-state index contributed by atoms with van der Waals surface area (Å²) in [5, 5.41) is 0. The molecule has 0 saturated carbocycles. The second-order valence-electron chi connectivity index (χ2n) is 6.75. The maximum absolute atomic E-state index is 12.5. The number of amides is 1. The predicted octanol–water partition coefficient (Wildman–Crippen LogP) is 0.656. The first kappa shape index (κ1) is 17.4. The minimum absolute atomic E-state index is 0.0455. The first-order chi connectivity index (χ1) is 11.3. The van der Waals surface area contributed by atoms with Gasteiger partial charge in [0.1, 0.15) is 0 Å². The van der Waals surface area contributed by atoms with E-state index in [4.69, 9.17) is 4.74 Å². The van der Waals surface area contributed by atoms with Gasteiger partial charge < -0.3 is 9.64 Å². The third kappa shape index (κ3) is 3.96. The number of fused-ring (bicyclic) bond motifs is 1. The lowest BCUT2D eigenvalue weighted by Gasteiger charge is -2.21. The Kier molecular flexibility index (Phi) is 4.94. The van der Waals surface area contributed by atoms with Crippen LogP contribution in [-0.2, 0) is 26.0 Å². The summed E-state index contributed by atoms with van der Waals surface area (Å²) in [5.74, 6) is 0.116. The minimum Gasteiger partial charge on any atom is -0.375 e. The smallest absolute Gasteiger partial charge is 0.227 e. The molecule has 0 aliphatic carbocycles. The summed E-state index contributed by atoms with van der Waals surface area (Å²) in [7, 11) is -3.23. The van der Waals surface area contributed by atoms with Gasteiger partial charge in [-0.25, -0.2) is 8.42 Å². The fraction of sp³-hybridized carbons (Fsp3) is 0.588. The zero-order chi connectivity index (χ0) is 17.3. The van der Waals surface area contributed by atoms with Crippen LogP contribution >= 0.6 is 0 Å². The van der Waals surface area contributed by atoms with Crippen molar-refractivity contribution >= 4 is 15.9 Å². The highest BCUT2D eigenvalue weighted by atomic mass is 32.2. The summed E-state index contributed by atoms with van der Waals surface area (Å²) in [5.41, 5.74) is 2.17. The maximum atomic E-state index is 12.5. The quantitative estimate of drug-likeness (QED) is 0.801. The molecule has 6 nitrogen and oxygen atoms in total. The summed E-state index contributed by atoms with van der Waals surface area (Å²) >= 11 is 0. The van der Waals surface area contributed by atoms with E-state index in [0.29, 0.717) is 39.2 Å². The van der Waals surface area contributed by atoms with Gasteiger partial charge >= 0.3 is 0 Å². The first-order valence-corrected chi connectivity index (χ1v) is 10.1. The monoisotopic (exact) mass is 352 g/mol. The summed E-state index contributed by atoms with van der Waals surface area (Å²) in [6.07, 6.45) is 1.52. The molecule has 0 spiro atoms. The number of aryl methyl sites for hydroxylation is 1. The van der Waals surface area contributed by atoms with Gasteiger partial charge in [0.05, 0.1) is 25.4 Å². The van der Waals surface area contributed by atoms with E-state index in [0.717, 1.165) is 5.56 Å². The summed E-state index contributed by atoms with van der Waals surface area (Å²) in [4.78, 5) is 14.4. The molecule has 7 heteroatoms. The lowest BCUT2D eigenvalue weighted by molar-refractivity contribution is -0.130. The Morgan fingerprint density at radius 3 is 2.58 bits per heavy atom. The Labute approximate surface area is 143 Å². The molecule has 2 saturated heterocycles. The fourth-order valence-corrected chi connectivity index (χ4v) is 4.23. The van der Waals surface area contributed by atoms with Crippen LogP contribution in [0.3, 0.4) is 0 Å². The van der Waals surface area contributed by atoms with Crippen LogP contribution in [0.4, 0.5) is 0 Å². The average Bonchev–Trinajstić information content (AvgIpc) is 2.80. The Morgan fingerprint density at radius 1 is 1.21 bits per heavy atom. The molecule has 1 aromatic carbocycles. The highest BCUT2D eigenvalue weighted by molar-refractivity contribution is 7.88. The molecule has 0 radical (unpaired) electrons. The number of rotatable bonds is 3. The van der Waals surface area contributed by atoms with E-state index in [1.165, 1.54) is 16.1 Å². The Balaban J connectivity index is 1.63. The molecule has 0 N–H and O–H groups in total. The molecule has 0 unspecified atom stereocenters. The van der Waals surface area contributed by atoms with Crippen LogP contribution in [0.1, 0.15) is 11.1 Å². The van der Waals surface area contributed by atoms with Gasteiger partial charge in [-0.3, -0.25) is 4.79 Å². The normalized spacial score (nSPS) is 25.3. The molecule has 0 bridgehead atoms. The van der Waals surface area contributed by atoms with Crippen molar-refractivity contribution in [1.82, 2.24) is 9.21 Å².